The van der Waals surface area contributed by atoms with Crippen molar-refractivity contribution in [3.05, 3.63) is 177 Å². The first-order chi connectivity index (χ1) is 27.0. The van der Waals surface area contributed by atoms with Crippen LogP contribution in [0.2, 0.25) is 20.1 Å². The number of carbonyl (C=O) groups is 1. The number of halogens is 4. The SMILES string of the molecule is C.C.Cc1cc(O)c2ncccc2c1.Nc1ncccn1.O=Cc1cc(Cl)ccc1Cl.Oc1c(C(Nc2ncccn2)c2cc(Cl)ccc2Cl)ccc2cccnc12. The van der Waals surface area contributed by atoms with Gasteiger partial charge >= 0.3 is 0 Å². The van der Waals surface area contributed by atoms with Crippen LogP contribution in [0.5, 0.6) is 11.5 Å². The highest BCUT2D eigenvalue weighted by atomic mass is 35.5. The highest BCUT2D eigenvalue weighted by Crippen LogP contribution is 2.39. The van der Waals surface area contributed by atoms with Gasteiger partial charge in [-0.3, -0.25) is 14.8 Å². The number of aromatic nitrogens is 6. The molecule has 1 unspecified atom stereocenters. The number of carbonyl (C=O) groups excluding carboxylic acids is 1. The van der Waals surface area contributed by atoms with Crippen molar-refractivity contribution in [1.82, 2.24) is 29.9 Å². The zero-order chi connectivity index (χ0) is 40.0. The quantitative estimate of drug-likeness (QED) is 0.121. The van der Waals surface area contributed by atoms with Crippen molar-refractivity contribution in [1.29, 1.82) is 0 Å². The molecule has 8 aromatic rings. The summed E-state index contributed by atoms with van der Waals surface area (Å²) in [6.07, 6.45) is 10.5. The van der Waals surface area contributed by atoms with Crippen LogP contribution in [0.3, 0.4) is 0 Å². The number of aldehydes is 1. The molecule has 0 bridgehead atoms. The Bertz CT molecular complexity index is 2550. The number of fused-ring (bicyclic) bond motifs is 2. The largest absolute Gasteiger partial charge is 0.506 e. The standard InChI is InChI=1S/C20H14Cl2N4O.C10H9NO.C7H4Cl2O.C4H5N3.2CH4/c21-13-5-7-16(22)15(11-13)18(26-20-24-9-2-10-25-20)14-6-4-12-3-1-8-23-17(12)19(14)27;1-7-5-8-3-2-4-11-10(8)9(12)6-7;8-6-1-2-7(9)5(3-6)4-10;5-4-6-2-1-3-7-4;;/h1-11,18,27H,(H,24,25,26);2-6,12H,1H3;1-4H;1-3H,(H2,5,6,7);2*1H4. The van der Waals surface area contributed by atoms with E-state index in [0.29, 0.717) is 66.0 Å². The van der Waals surface area contributed by atoms with Crippen LogP contribution < -0.4 is 11.1 Å². The van der Waals surface area contributed by atoms with Crippen molar-refractivity contribution in [3.63, 3.8) is 0 Å². The summed E-state index contributed by atoms with van der Waals surface area (Å²) in [5.74, 6) is 1.05. The molecule has 0 spiro atoms. The maximum Gasteiger partial charge on any atom is 0.223 e. The molecule has 1 atom stereocenters. The van der Waals surface area contributed by atoms with Gasteiger partial charge in [0.25, 0.3) is 0 Å². The van der Waals surface area contributed by atoms with Crippen molar-refractivity contribution < 1.29 is 15.0 Å². The number of aromatic hydroxyl groups is 2. The number of phenolic OH excluding ortho intramolecular Hbond substituents is 2. The van der Waals surface area contributed by atoms with Crippen LogP contribution in [0.1, 0.15) is 47.9 Å². The summed E-state index contributed by atoms with van der Waals surface area (Å²) in [5.41, 5.74) is 9.08. The summed E-state index contributed by atoms with van der Waals surface area (Å²) in [7, 11) is 0. The lowest BCUT2D eigenvalue weighted by Crippen LogP contribution is -2.15. The molecular weight excluding hydrogens is 818 g/mol. The highest BCUT2D eigenvalue weighted by molar-refractivity contribution is 6.35. The van der Waals surface area contributed by atoms with Crippen LogP contribution in [0.15, 0.2) is 134 Å². The molecule has 11 nitrogen and oxygen atoms in total. The van der Waals surface area contributed by atoms with Gasteiger partial charge in [-0.2, -0.15) is 0 Å². The highest BCUT2D eigenvalue weighted by Gasteiger charge is 2.23. The average molecular weight is 859 g/mol. The Morgan fingerprint density at radius 1 is 0.621 bits per heavy atom. The second kappa shape index (κ2) is 22.6. The van der Waals surface area contributed by atoms with Gasteiger partial charge in [-0.25, -0.2) is 19.9 Å². The molecule has 0 saturated carbocycles. The van der Waals surface area contributed by atoms with Gasteiger partial charge in [0.2, 0.25) is 11.9 Å². The van der Waals surface area contributed by atoms with Gasteiger partial charge in [0.05, 0.1) is 11.1 Å². The van der Waals surface area contributed by atoms with E-state index in [1.54, 1.807) is 85.7 Å². The molecule has 8 rings (SSSR count). The van der Waals surface area contributed by atoms with Crippen LogP contribution in [-0.4, -0.2) is 46.4 Å². The van der Waals surface area contributed by atoms with Crippen molar-refractivity contribution in [2.75, 3.05) is 11.1 Å². The van der Waals surface area contributed by atoms with E-state index in [9.17, 15) is 15.0 Å². The molecule has 15 heteroatoms. The summed E-state index contributed by atoms with van der Waals surface area (Å²) < 4.78 is 0. The third-order valence-corrected chi connectivity index (χ3v) is 8.86. The molecule has 298 valence electrons. The monoisotopic (exact) mass is 856 g/mol. The number of rotatable bonds is 5. The Hall–Kier alpha value is -6.11. The van der Waals surface area contributed by atoms with Crippen molar-refractivity contribution in [2.24, 2.45) is 0 Å². The molecule has 0 aliphatic rings. The topological polar surface area (TPSA) is 173 Å². The fourth-order valence-corrected chi connectivity index (χ4v) is 5.92. The summed E-state index contributed by atoms with van der Waals surface area (Å²) in [5, 5.41) is 27.4. The fourth-order valence-electron chi connectivity index (χ4n) is 5.17. The predicted octanol–water partition coefficient (Wildman–Crippen LogP) is 11.6. The van der Waals surface area contributed by atoms with E-state index in [1.165, 1.54) is 6.07 Å². The Balaban J connectivity index is 0.000000239. The van der Waals surface area contributed by atoms with Gasteiger partial charge in [0.15, 0.2) is 6.29 Å². The number of nitrogen functional groups attached to an aromatic ring is 1. The number of aryl methyl sites for hydroxylation is 1. The van der Waals surface area contributed by atoms with Crippen LogP contribution in [0.25, 0.3) is 21.8 Å². The lowest BCUT2D eigenvalue weighted by molar-refractivity contribution is 0.112. The Labute approximate surface area is 356 Å². The molecule has 5 N–H and O–H groups in total. The first kappa shape index (κ1) is 46.3. The summed E-state index contributed by atoms with van der Waals surface area (Å²) in [6.45, 7) is 1.95. The van der Waals surface area contributed by atoms with Gasteiger partial charge in [-0.1, -0.05) is 85.5 Å². The summed E-state index contributed by atoms with van der Waals surface area (Å²) in [4.78, 5) is 34.3. The number of hydrogen-bond acceptors (Lipinski definition) is 11. The van der Waals surface area contributed by atoms with E-state index in [0.717, 1.165) is 16.3 Å². The van der Waals surface area contributed by atoms with E-state index >= 15 is 0 Å². The number of hydrogen-bond donors (Lipinski definition) is 4. The molecule has 4 aromatic heterocycles. The molecule has 0 amide bonds. The number of pyridine rings is 2. The minimum Gasteiger partial charge on any atom is -0.506 e. The molecule has 58 heavy (non-hydrogen) atoms. The van der Waals surface area contributed by atoms with Gasteiger partial charge in [0.1, 0.15) is 22.5 Å². The number of phenols is 2. The van der Waals surface area contributed by atoms with Crippen LogP contribution in [0.4, 0.5) is 11.9 Å². The minimum absolute atomic E-state index is 0. The molecule has 0 aliphatic carbocycles. The van der Waals surface area contributed by atoms with Crippen LogP contribution in [-0.2, 0) is 0 Å². The van der Waals surface area contributed by atoms with E-state index in [2.05, 4.69) is 35.2 Å². The minimum atomic E-state index is -0.523. The second-order valence-corrected chi connectivity index (χ2v) is 13.3. The number of nitrogens with one attached hydrogen (secondary N) is 1. The number of benzene rings is 4. The Morgan fingerprint density at radius 3 is 1.79 bits per heavy atom. The normalized spacial score (nSPS) is 10.4. The van der Waals surface area contributed by atoms with Gasteiger partial charge in [-0.15, -0.1) is 0 Å². The maximum atomic E-state index is 10.9. The molecule has 0 fully saturated rings. The number of anilines is 2. The van der Waals surface area contributed by atoms with Crippen molar-refractivity contribution >= 4 is 86.4 Å². The van der Waals surface area contributed by atoms with Gasteiger partial charge in [-0.05, 0) is 90.8 Å². The third-order valence-electron chi connectivity index (χ3n) is 7.70. The maximum absolute atomic E-state index is 10.9. The van der Waals surface area contributed by atoms with E-state index in [4.69, 9.17) is 52.1 Å². The molecule has 0 radical (unpaired) electrons. The van der Waals surface area contributed by atoms with Crippen molar-refractivity contribution in [3.8, 4) is 11.5 Å². The van der Waals surface area contributed by atoms with Crippen LogP contribution in [0, 0.1) is 6.92 Å². The van der Waals surface area contributed by atoms with Gasteiger partial charge < -0.3 is 21.3 Å². The Kier molecular flexibility index (Phi) is 18.0. The van der Waals surface area contributed by atoms with Crippen LogP contribution >= 0.6 is 46.4 Å². The molecule has 0 aliphatic heterocycles. The zero-order valence-electron chi connectivity index (χ0n) is 29.4. The van der Waals surface area contributed by atoms with E-state index in [-0.39, 0.29) is 26.4 Å². The van der Waals surface area contributed by atoms with Crippen molar-refractivity contribution in [2.45, 2.75) is 27.8 Å². The number of nitrogens with zero attached hydrogens (tertiary/aromatic N) is 6. The molecular formula is C43H40Cl4N8O3. The molecule has 4 aromatic carbocycles. The van der Waals surface area contributed by atoms with E-state index < -0.39 is 6.04 Å². The zero-order valence-corrected chi connectivity index (χ0v) is 32.5. The number of nitrogens with two attached hydrogens (primary N) is 1. The van der Waals surface area contributed by atoms with Gasteiger partial charge in [0, 0.05) is 74.1 Å². The Morgan fingerprint density at radius 2 is 1.19 bits per heavy atom. The average Bonchev–Trinajstić information content (AvgIpc) is 3.21. The lowest BCUT2D eigenvalue weighted by atomic mass is 9.96. The first-order valence-corrected chi connectivity index (χ1v) is 18.1. The smallest absolute Gasteiger partial charge is 0.223 e. The summed E-state index contributed by atoms with van der Waals surface area (Å²) >= 11 is 23.8. The first-order valence-electron chi connectivity index (χ1n) is 16.6. The third kappa shape index (κ3) is 12.7. The second-order valence-electron chi connectivity index (χ2n) is 11.6. The summed E-state index contributed by atoms with van der Waals surface area (Å²) in [6, 6.07) is 27.8. The molecule has 0 saturated heterocycles. The lowest BCUT2D eigenvalue weighted by Gasteiger charge is -2.22. The fraction of sp³-hybridized carbons (Fsp3) is 0.0930. The van der Waals surface area contributed by atoms with E-state index in [1.807, 2.05) is 49.4 Å². The molecule has 4 heterocycles. The predicted molar refractivity (Wildman–Crippen MR) is 237 cm³/mol.